The van der Waals surface area contributed by atoms with Crippen molar-refractivity contribution in [2.45, 2.75) is 25.1 Å². The monoisotopic (exact) mass is 191 g/mol. The molecule has 1 aliphatic heterocycles. The summed E-state index contributed by atoms with van der Waals surface area (Å²) < 4.78 is 17.5. The Hall–Kier alpha value is -0.190. The minimum Gasteiger partial charge on any atom is -0.389 e. The first-order chi connectivity index (χ1) is 6.22. The molecule has 0 aromatic rings. The van der Waals surface area contributed by atoms with E-state index in [9.17, 15) is 9.50 Å². The molecule has 1 atom stereocenters. The second-order valence-corrected chi connectivity index (χ2v) is 3.58. The van der Waals surface area contributed by atoms with Crippen LogP contribution in [0.2, 0.25) is 0 Å². The SMILES string of the molecule is COCC(O)CN1CCC(F)CC1. The summed E-state index contributed by atoms with van der Waals surface area (Å²) in [7, 11) is 1.57. The van der Waals surface area contributed by atoms with E-state index in [1.807, 2.05) is 0 Å². The van der Waals surface area contributed by atoms with E-state index in [1.165, 1.54) is 0 Å². The van der Waals surface area contributed by atoms with Crippen molar-refractivity contribution in [3.05, 3.63) is 0 Å². The second kappa shape index (κ2) is 5.52. The van der Waals surface area contributed by atoms with Crippen molar-refractivity contribution >= 4 is 0 Å². The number of aliphatic hydroxyl groups is 1. The molecule has 1 N–H and O–H groups in total. The third-order valence-electron chi connectivity index (χ3n) is 2.35. The van der Waals surface area contributed by atoms with Crippen molar-refractivity contribution in [1.29, 1.82) is 0 Å². The van der Waals surface area contributed by atoms with Crippen molar-refractivity contribution in [1.82, 2.24) is 4.90 Å². The van der Waals surface area contributed by atoms with Gasteiger partial charge in [-0.2, -0.15) is 0 Å². The lowest BCUT2D eigenvalue weighted by molar-refractivity contribution is 0.0268. The maximum absolute atomic E-state index is 12.7. The predicted octanol–water partition coefficient (Wildman–Crippen LogP) is 0.428. The van der Waals surface area contributed by atoms with E-state index in [1.54, 1.807) is 7.11 Å². The molecule has 4 heteroatoms. The molecule has 0 saturated carbocycles. The fraction of sp³-hybridized carbons (Fsp3) is 1.00. The number of hydrogen-bond acceptors (Lipinski definition) is 3. The van der Waals surface area contributed by atoms with E-state index in [0.717, 1.165) is 13.1 Å². The predicted molar refractivity (Wildman–Crippen MR) is 48.5 cm³/mol. The molecule has 0 aromatic carbocycles. The largest absolute Gasteiger partial charge is 0.389 e. The van der Waals surface area contributed by atoms with Crippen LogP contribution in [0.25, 0.3) is 0 Å². The molecular formula is C9H18FNO2. The lowest BCUT2D eigenvalue weighted by atomic mass is 10.1. The number of hydrogen-bond donors (Lipinski definition) is 1. The summed E-state index contributed by atoms with van der Waals surface area (Å²) in [5, 5.41) is 9.41. The lowest BCUT2D eigenvalue weighted by Crippen LogP contribution is -2.40. The molecule has 0 radical (unpaired) electrons. The van der Waals surface area contributed by atoms with Gasteiger partial charge in [0.25, 0.3) is 0 Å². The molecule has 3 nitrogen and oxygen atoms in total. The minimum atomic E-state index is -0.643. The number of ether oxygens (including phenoxy) is 1. The van der Waals surface area contributed by atoms with Crippen molar-refractivity contribution in [2.75, 3.05) is 33.4 Å². The summed E-state index contributed by atoms with van der Waals surface area (Å²) in [4.78, 5) is 2.08. The molecular weight excluding hydrogens is 173 g/mol. The number of nitrogens with zero attached hydrogens (tertiary/aromatic N) is 1. The van der Waals surface area contributed by atoms with Crippen molar-refractivity contribution in [3.8, 4) is 0 Å². The van der Waals surface area contributed by atoms with Crippen LogP contribution in [0.5, 0.6) is 0 Å². The molecule has 0 amide bonds. The molecule has 1 aliphatic rings. The molecule has 1 unspecified atom stereocenters. The van der Waals surface area contributed by atoms with Crippen molar-refractivity contribution < 1.29 is 14.2 Å². The summed E-state index contributed by atoms with van der Waals surface area (Å²) in [6.45, 7) is 2.46. The van der Waals surface area contributed by atoms with Gasteiger partial charge in [-0.3, -0.25) is 0 Å². The Bertz CT molecular complexity index is 138. The number of methoxy groups -OCH3 is 1. The highest BCUT2D eigenvalue weighted by molar-refractivity contribution is 4.73. The first-order valence-electron chi connectivity index (χ1n) is 4.76. The Morgan fingerprint density at radius 1 is 1.54 bits per heavy atom. The number of rotatable bonds is 4. The number of β-amino-alcohol motifs (C(OH)–C–C–N with tert-alkyl or cyclic N) is 1. The van der Waals surface area contributed by atoms with Crippen LogP contribution in [0.3, 0.4) is 0 Å². The zero-order valence-corrected chi connectivity index (χ0v) is 8.08. The van der Waals surface area contributed by atoms with Crippen molar-refractivity contribution in [2.24, 2.45) is 0 Å². The second-order valence-electron chi connectivity index (χ2n) is 3.58. The topological polar surface area (TPSA) is 32.7 Å². The van der Waals surface area contributed by atoms with Gasteiger partial charge in [0.1, 0.15) is 6.17 Å². The average molecular weight is 191 g/mol. The number of piperidine rings is 1. The Kier molecular flexibility index (Phi) is 4.62. The van der Waals surface area contributed by atoms with E-state index < -0.39 is 12.3 Å². The van der Waals surface area contributed by atoms with E-state index in [0.29, 0.717) is 26.0 Å². The van der Waals surface area contributed by atoms with Crippen molar-refractivity contribution in [3.63, 3.8) is 0 Å². The summed E-state index contributed by atoms with van der Waals surface area (Å²) >= 11 is 0. The molecule has 78 valence electrons. The number of alkyl halides is 1. The maximum Gasteiger partial charge on any atom is 0.103 e. The van der Waals surface area contributed by atoms with Gasteiger partial charge in [0.2, 0.25) is 0 Å². The van der Waals surface area contributed by atoms with Gasteiger partial charge < -0.3 is 14.7 Å². The molecule has 1 rings (SSSR count). The molecule has 0 aliphatic carbocycles. The summed E-state index contributed by atoms with van der Waals surface area (Å²) in [6, 6.07) is 0. The van der Waals surface area contributed by atoms with Gasteiger partial charge in [-0.25, -0.2) is 4.39 Å². The van der Waals surface area contributed by atoms with Crippen LogP contribution in [-0.4, -0.2) is 55.6 Å². The molecule has 1 saturated heterocycles. The first-order valence-corrected chi connectivity index (χ1v) is 4.76. The fourth-order valence-electron chi connectivity index (χ4n) is 1.63. The number of aliphatic hydroxyl groups excluding tert-OH is 1. The van der Waals surface area contributed by atoms with E-state index in [4.69, 9.17) is 4.74 Å². The fourth-order valence-corrected chi connectivity index (χ4v) is 1.63. The van der Waals surface area contributed by atoms with E-state index in [-0.39, 0.29) is 0 Å². The van der Waals surface area contributed by atoms with E-state index >= 15 is 0 Å². The number of halogens is 1. The summed E-state index contributed by atoms with van der Waals surface area (Å²) in [6.07, 6.45) is 0.108. The Morgan fingerprint density at radius 2 is 2.15 bits per heavy atom. The van der Waals surface area contributed by atoms with Gasteiger partial charge >= 0.3 is 0 Å². The van der Waals surface area contributed by atoms with Crippen LogP contribution in [-0.2, 0) is 4.74 Å². The zero-order chi connectivity index (χ0) is 9.68. The Balaban J connectivity index is 2.14. The minimum absolute atomic E-state index is 0.357. The molecule has 1 heterocycles. The van der Waals surface area contributed by atoms with Gasteiger partial charge in [-0.1, -0.05) is 0 Å². The van der Waals surface area contributed by atoms with Crippen LogP contribution >= 0.6 is 0 Å². The van der Waals surface area contributed by atoms with Gasteiger partial charge in [-0.05, 0) is 12.8 Å². The van der Waals surface area contributed by atoms with Crippen LogP contribution in [0.4, 0.5) is 4.39 Å². The van der Waals surface area contributed by atoms with Crippen LogP contribution < -0.4 is 0 Å². The highest BCUT2D eigenvalue weighted by Crippen LogP contribution is 2.13. The smallest absolute Gasteiger partial charge is 0.103 e. The molecule has 13 heavy (non-hydrogen) atoms. The molecule has 0 spiro atoms. The lowest BCUT2D eigenvalue weighted by Gasteiger charge is -2.29. The summed E-state index contributed by atoms with van der Waals surface area (Å²) in [5.74, 6) is 0. The quantitative estimate of drug-likeness (QED) is 0.699. The third-order valence-corrected chi connectivity index (χ3v) is 2.35. The van der Waals surface area contributed by atoms with Gasteiger partial charge in [0.15, 0.2) is 0 Å². The van der Waals surface area contributed by atoms with Gasteiger partial charge in [0.05, 0.1) is 12.7 Å². The average Bonchev–Trinajstić information content (AvgIpc) is 2.09. The normalized spacial score (nSPS) is 23.3. The number of likely N-dealkylation sites (tertiary alicyclic amines) is 1. The molecule has 0 aromatic heterocycles. The standard InChI is InChI=1S/C9H18FNO2/c1-13-7-9(12)6-11-4-2-8(10)3-5-11/h8-9,12H,2-7H2,1H3. The van der Waals surface area contributed by atoms with Gasteiger partial charge in [0, 0.05) is 26.7 Å². The van der Waals surface area contributed by atoms with Crippen LogP contribution in [0, 0.1) is 0 Å². The summed E-state index contributed by atoms with van der Waals surface area (Å²) in [5.41, 5.74) is 0. The zero-order valence-electron chi connectivity index (χ0n) is 8.08. The molecule has 0 bridgehead atoms. The van der Waals surface area contributed by atoms with Gasteiger partial charge in [-0.15, -0.1) is 0 Å². The van der Waals surface area contributed by atoms with E-state index in [2.05, 4.69) is 4.90 Å². The first kappa shape index (κ1) is 10.9. The Labute approximate surface area is 78.5 Å². The van der Waals surface area contributed by atoms with Crippen LogP contribution in [0.1, 0.15) is 12.8 Å². The van der Waals surface area contributed by atoms with Crippen LogP contribution in [0.15, 0.2) is 0 Å². The molecule has 1 fully saturated rings. The Morgan fingerprint density at radius 3 is 2.69 bits per heavy atom. The highest BCUT2D eigenvalue weighted by Gasteiger charge is 2.19. The highest BCUT2D eigenvalue weighted by atomic mass is 19.1. The maximum atomic E-state index is 12.7. The third kappa shape index (κ3) is 4.02.